The molecule has 0 bridgehead atoms. The molecular formula is C25H21F2N3O6. The minimum Gasteiger partial charge on any atom is -0.496 e. The van der Waals surface area contributed by atoms with E-state index in [0.29, 0.717) is 22.4 Å². The van der Waals surface area contributed by atoms with Crippen molar-refractivity contribution in [1.29, 1.82) is 0 Å². The molecule has 2 heterocycles. The minimum absolute atomic E-state index is 0.0466. The number of aliphatic hydroxyl groups excluding tert-OH is 1. The monoisotopic (exact) mass is 497 g/mol. The molecule has 186 valence electrons. The number of hydrogen-bond donors (Lipinski definition) is 2. The molecule has 4 rings (SSSR count). The number of nitrogens with zero attached hydrogens (tertiary/aromatic N) is 2. The number of pyridine rings is 2. The van der Waals surface area contributed by atoms with Crippen molar-refractivity contribution in [3.63, 3.8) is 0 Å². The largest absolute Gasteiger partial charge is 0.496 e. The van der Waals surface area contributed by atoms with E-state index >= 15 is 0 Å². The summed E-state index contributed by atoms with van der Waals surface area (Å²) in [6.07, 6.45) is 4.13. The first kappa shape index (κ1) is 24.6. The molecule has 36 heavy (non-hydrogen) atoms. The van der Waals surface area contributed by atoms with Crippen LogP contribution in [-0.4, -0.2) is 48.4 Å². The smallest absolute Gasteiger partial charge is 0.261 e. The fraction of sp³-hybridized carbons (Fsp3) is 0.160. The van der Waals surface area contributed by atoms with Crippen LogP contribution in [0.15, 0.2) is 55.0 Å². The second-order valence-corrected chi connectivity index (χ2v) is 7.30. The number of benzene rings is 2. The Morgan fingerprint density at radius 2 is 1.69 bits per heavy atom. The number of carbonyl (C=O) groups excluding carboxylic acids is 1. The molecule has 4 aromatic rings. The van der Waals surface area contributed by atoms with Gasteiger partial charge >= 0.3 is 0 Å². The van der Waals surface area contributed by atoms with E-state index in [1.165, 1.54) is 44.9 Å². The van der Waals surface area contributed by atoms with Gasteiger partial charge in [-0.2, -0.15) is 0 Å². The Hall–Kier alpha value is -4.51. The molecule has 0 aliphatic rings. The van der Waals surface area contributed by atoms with Crippen molar-refractivity contribution >= 4 is 22.5 Å². The number of carbonyl (C=O) groups is 1. The van der Waals surface area contributed by atoms with E-state index in [4.69, 9.17) is 24.1 Å². The molecule has 2 aromatic heterocycles. The first-order valence-corrected chi connectivity index (χ1v) is 10.6. The summed E-state index contributed by atoms with van der Waals surface area (Å²) in [4.78, 5) is 20.6. The molecule has 0 saturated carbocycles. The zero-order valence-electron chi connectivity index (χ0n) is 19.2. The summed E-state index contributed by atoms with van der Waals surface area (Å²) < 4.78 is 51.3. The number of rotatable bonds is 9. The van der Waals surface area contributed by atoms with E-state index in [9.17, 15) is 13.6 Å². The minimum atomic E-state index is -1.04. The summed E-state index contributed by atoms with van der Waals surface area (Å²) in [5, 5.41) is 11.8. The second-order valence-electron chi connectivity index (χ2n) is 7.30. The van der Waals surface area contributed by atoms with Crippen LogP contribution in [0.3, 0.4) is 0 Å². The van der Waals surface area contributed by atoms with Gasteiger partial charge in [-0.15, -0.1) is 0 Å². The van der Waals surface area contributed by atoms with Crippen LogP contribution in [0.1, 0.15) is 10.4 Å². The van der Waals surface area contributed by atoms with Crippen LogP contribution in [0.4, 0.5) is 14.5 Å². The SMILES string of the molecule is COc1cc2c(Oc3c(F)cc(NC(=O)c4cnccc4OC)cc3F)ccnc2cc1OCCO. The summed E-state index contributed by atoms with van der Waals surface area (Å²) in [6.45, 7) is -0.145. The molecule has 1 amide bonds. The number of anilines is 1. The molecule has 11 heteroatoms. The van der Waals surface area contributed by atoms with Gasteiger partial charge in [-0.3, -0.25) is 14.8 Å². The Morgan fingerprint density at radius 3 is 2.39 bits per heavy atom. The molecule has 0 unspecified atom stereocenters. The van der Waals surface area contributed by atoms with Gasteiger partial charge < -0.3 is 29.4 Å². The number of nitrogens with one attached hydrogen (secondary N) is 1. The highest BCUT2D eigenvalue weighted by molar-refractivity contribution is 6.06. The third-order valence-electron chi connectivity index (χ3n) is 5.05. The summed E-state index contributed by atoms with van der Waals surface area (Å²) in [5.74, 6) is -2.37. The van der Waals surface area contributed by atoms with Gasteiger partial charge in [-0.05, 0) is 18.2 Å². The Balaban J connectivity index is 1.63. The van der Waals surface area contributed by atoms with Gasteiger partial charge in [-0.25, -0.2) is 8.78 Å². The average molecular weight is 497 g/mol. The number of amides is 1. The van der Waals surface area contributed by atoms with Gasteiger partial charge in [0.15, 0.2) is 28.9 Å². The first-order chi connectivity index (χ1) is 17.4. The highest BCUT2D eigenvalue weighted by atomic mass is 19.1. The molecule has 0 aliphatic heterocycles. The summed E-state index contributed by atoms with van der Waals surface area (Å²) in [7, 11) is 2.82. The lowest BCUT2D eigenvalue weighted by Crippen LogP contribution is -2.14. The number of aliphatic hydroxyl groups is 1. The Morgan fingerprint density at radius 1 is 0.972 bits per heavy atom. The van der Waals surface area contributed by atoms with E-state index in [-0.39, 0.29) is 36.0 Å². The fourth-order valence-electron chi connectivity index (χ4n) is 3.41. The number of ether oxygens (including phenoxy) is 4. The summed E-state index contributed by atoms with van der Waals surface area (Å²) in [5.41, 5.74) is 0.386. The molecular weight excluding hydrogens is 476 g/mol. The number of aromatic nitrogens is 2. The van der Waals surface area contributed by atoms with Gasteiger partial charge in [0.2, 0.25) is 0 Å². The van der Waals surface area contributed by atoms with E-state index in [1.54, 1.807) is 12.1 Å². The average Bonchev–Trinajstić information content (AvgIpc) is 2.88. The van der Waals surface area contributed by atoms with E-state index in [2.05, 4.69) is 15.3 Å². The Bertz CT molecular complexity index is 1390. The van der Waals surface area contributed by atoms with Crippen molar-refractivity contribution in [2.45, 2.75) is 0 Å². The van der Waals surface area contributed by atoms with Crippen molar-refractivity contribution in [3.8, 4) is 28.7 Å². The standard InChI is InChI=1S/C25H21F2N3O6/c1-33-20-3-5-28-13-16(20)25(32)30-14-9-17(26)24(18(27)10-14)36-21-4-6-29-19-12-23(35-8-7-31)22(34-2)11-15(19)21/h3-6,9-13,31H,7-8H2,1-2H3,(H,30,32). The van der Waals surface area contributed by atoms with Gasteiger partial charge in [0.1, 0.15) is 18.1 Å². The molecule has 0 aliphatic carbocycles. The fourth-order valence-corrected chi connectivity index (χ4v) is 3.41. The van der Waals surface area contributed by atoms with Crippen LogP contribution in [0.5, 0.6) is 28.7 Å². The summed E-state index contributed by atoms with van der Waals surface area (Å²) >= 11 is 0. The lowest BCUT2D eigenvalue weighted by atomic mass is 10.1. The first-order valence-electron chi connectivity index (χ1n) is 10.6. The topological polar surface area (TPSA) is 112 Å². The van der Waals surface area contributed by atoms with Crippen molar-refractivity contribution in [2.24, 2.45) is 0 Å². The molecule has 2 aromatic carbocycles. The maximum absolute atomic E-state index is 14.9. The molecule has 0 saturated heterocycles. The predicted octanol–water partition coefficient (Wildman–Crippen LogP) is 4.34. The van der Waals surface area contributed by atoms with Crippen molar-refractivity contribution in [3.05, 3.63) is 72.2 Å². The van der Waals surface area contributed by atoms with Crippen LogP contribution >= 0.6 is 0 Å². The van der Waals surface area contributed by atoms with Crippen LogP contribution in [0.2, 0.25) is 0 Å². The number of methoxy groups -OCH3 is 2. The van der Waals surface area contributed by atoms with Crippen molar-refractivity contribution < 1.29 is 37.6 Å². The maximum atomic E-state index is 14.9. The van der Waals surface area contributed by atoms with Crippen LogP contribution in [0, 0.1) is 11.6 Å². The zero-order chi connectivity index (χ0) is 25.7. The Labute approximate surface area is 204 Å². The lowest BCUT2D eigenvalue weighted by molar-refractivity contribution is 0.102. The van der Waals surface area contributed by atoms with Crippen LogP contribution in [-0.2, 0) is 0 Å². The van der Waals surface area contributed by atoms with Crippen molar-refractivity contribution in [2.75, 3.05) is 32.8 Å². The van der Waals surface area contributed by atoms with Gasteiger partial charge in [-0.1, -0.05) is 0 Å². The van der Waals surface area contributed by atoms with Crippen LogP contribution < -0.4 is 24.3 Å². The molecule has 9 nitrogen and oxygen atoms in total. The summed E-state index contributed by atoms with van der Waals surface area (Å²) in [6, 6.07) is 7.92. The third-order valence-corrected chi connectivity index (χ3v) is 5.05. The van der Waals surface area contributed by atoms with Gasteiger partial charge in [0, 0.05) is 47.9 Å². The van der Waals surface area contributed by atoms with Crippen molar-refractivity contribution in [1.82, 2.24) is 9.97 Å². The zero-order valence-corrected chi connectivity index (χ0v) is 19.2. The number of halogens is 2. The highest BCUT2D eigenvalue weighted by Gasteiger charge is 2.19. The molecule has 0 fully saturated rings. The van der Waals surface area contributed by atoms with Crippen LogP contribution in [0.25, 0.3) is 10.9 Å². The van der Waals surface area contributed by atoms with E-state index < -0.39 is 23.3 Å². The van der Waals surface area contributed by atoms with Gasteiger partial charge in [0.05, 0.1) is 31.9 Å². The molecule has 2 N–H and O–H groups in total. The maximum Gasteiger partial charge on any atom is 0.261 e. The third kappa shape index (κ3) is 5.10. The molecule has 0 radical (unpaired) electrons. The molecule has 0 spiro atoms. The van der Waals surface area contributed by atoms with Gasteiger partial charge in [0.25, 0.3) is 5.91 Å². The lowest BCUT2D eigenvalue weighted by Gasteiger charge is -2.15. The second kappa shape index (κ2) is 10.8. The highest BCUT2D eigenvalue weighted by Crippen LogP contribution is 2.38. The number of fused-ring (bicyclic) bond motifs is 1. The number of hydrogen-bond acceptors (Lipinski definition) is 8. The predicted molar refractivity (Wildman–Crippen MR) is 126 cm³/mol. The Kier molecular flexibility index (Phi) is 7.40. The molecule has 0 atom stereocenters. The van der Waals surface area contributed by atoms with E-state index in [1.807, 2.05) is 0 Å². The normalized spacial score (nSPS) is 10.7. The quantitative estimate of drug-likeness (QED) is 0.351. The van der Waals surface area contributed by atoms with E-state index in [0.717, 1.165) is 12.1 Å².